The summed E-state index contributed by atoms with van der Waals surface area (Å²) in [4.78, 5) is 10.6. The maximum atomic E-state index is 10.6. The number of thiol groups is 1. The monoisotopic (exact) mass is 214 g/mol. The number of hydrogen-bond donors (Lipinski definition) is 2. The van der Waals surface area contributed by atoms with Gasteiger partial charge in [-0.1, -0.05) is 6.07 Å². The van der Waals surface area contributed by atoms with E-state index in [1.54, 1.807) is 6.92 Å². The van der Waals surface area contributed by atoms with Crippen molar-refractivity contribution in [3.63, 3.8) is 0 Å². The number of carbonyl (C=O) groups is 1. The number of benzene rings is 1. The minimum Gasteiger partial charge on any atom is -0.478 e. The summed E-state index contributed by atoms with van der Waals surface area (Å²) in [6, 6.07) is 4.41. The summed E-state index contributed by atoms with van der Waals surface area (Å²) in [6.07, 6.45) is 0. The van der Waals surface area contributed by atoms with E-state index < -0.39 is 16.7 Å². The van der Waals surface area contributed by atoms with E-state index in [1.807, 2.05) is 0 Å². The zero-order valence-corrected chi connectivity index (χ0v) is 8.45. The van der Waals surface area contributed by atoms with Gasteiger partial charge in [0.1, 0.15) is 10.7 Å². The first-order valence-corrected chi connectivity index (χ1v) is 5.31. The molecule has 0 heterocycles. The van der Waals surface area contributed by atoms with Crippen LogP contribution in [0.25, 0.3) is 0 Å². The molecule has 0 amide bonds. The van der Waals surface area contributed by atoms with E-state index in [0.717, 1.165) is 0 Å². The van der Waals surface area contributed by atoms with Crippen LogP contribution in [0.15, 0.2) is 18.2 Å². The van der Waals surface area contributed by atoms with Crippen molar-refractivity contribution in [2.45, 2.75) is 12.7 Å². The lowest BCUT2D eigenvalue weighted by atomic mass is 10.1. The van der Waals surface area contributed by atoms with Crippen molar-refractivity contribution in [1.82, 2.24) is 0 Å². The predicted octanol–water partition coefficient (Wildman–Crippen LogP) is 0.805. The van der Waals surface area contributed by atoms with Crippen LogP contribution in [0.3, 0.4) is 0 Å². The predicted molar refractivity (Wildman–Crippen MR) is 52.2 cm³/mol. The van der Waals surface area contributed by atoms with Crippen LogP contribution in [0.4, 0.5) is 0 Å². The molecule has 0 fully saturated rings. The molecule has 0 atom stereocenters. The van der Waals surface area contributed by atoms with Crippen LogP contribution < -0.4 is 0 Å². The Kier molecular flexibility index (Phi) is 3.24. The normalized spacial score (nSPS) is 10.4. The second-order valence-corrected chi connectivity index (χ2v) is 3.92. The smallest absolute Gasteiger partial charge is 0.335 e. The highest BCUT2D eigenvalue weighted by atomic mass is 32.2. The molecule has 0 aliphatic heterocycles. The molecule has 0 unspecified atom stereocenters. The third kappa shape index (κ3) is 2.56. The molecule has 0 bridgehead atoms. The fraction of sp³-hybridized carbons (Fsp3) is 0.222. The van der Waals surface area contributed by atoms with Gasteiger partial charge in [-0.2, -0.15) is 0 Å². The van der Waals surface area contributed by atoms with Gasteiger partial charge in [-0.15, -0.1) is 0 Å². The molecule has 1 aromatic carbocycles. The topological polar surface area (TPSA) is 71.4 Å². The number of hydrogen-bond acceptors (Lipinski definition) is 3. The molecule has 0 saturated carbocycles. The van der Waals surface area contributed by atoms with Gasteiger partial charge >= 0.3 is 5.97 Å². The van der Waals surface area contributed by atoms with Crippen LogP contribution in [0.1, 0.15) is 21.5 Å². The van der Waals surface area contributed by atoms with Gasteiger partial charge in [0.15, 0.2) is 0 Å². The van der Waals surface area contributed by atoms with Crippen molar-refractivity contribution in [3.05, 3.63) is 34.9 Å². The summed E-state index contributed by atoms with van der Waals surface area (Å²) in [5, 5.41) is 8.66. The Morgan fingerprint density at radius 1 is 1.43 bits per heavy atom. The van der Waals surface area contributed by atoms with Crippen LogP contribution in [0.2, 0.25) is 0 Å². The SMILES string of the molecule is Cc1cc(C(=O)O)ccc1C[SH](=O)=O. The maximum absolute atomic E-state index is 10.6. The molecule has 5 heteroatoms. The van der Waals surface area contributed by atoms with Crippen LogP contribution in [0.5, 0.6) is 0 Å². The molecule has 0 radical (unpaired) electrons. The molecule has 4 nitrogen and oxygen atoms in total. The van der Waals surface area contributed by atoms with E-state index in [0.29, 0.717) is 11.1 Å². The summed E-state index contributed by atoms with van der Waals surface area (Å²) in [5.74, 6) is -1.05. The number of carboxylic acid groups (broad SMARTS) is 1. The molecule has 76 valence electrons. The van der Waals surface area contributed by atoms with Crippen molar-refractivity contribution in [1.29, 1.82) is 0 Å². The Balaban J connectivity index is 3.07. The van der Waals surface area contributed by atoms with E-state index in [9.17, 15) is 13.2 Å². The van der Waals surface area contributed by atoms with Crippen LogP contribution in [-0.2, 0) is 16.5 Å². The molecule has 0 aliphatic carbocycles. The Morgan fingerprint density at radius 3 is 2.50 bits per heavy atom. The van der Waals surface area contributed by atoms with Gasteiger partial charge in [-0.3, -0.25) is 0 Å². The van der Waals surface area contributed by atoms with Crippen LogP contribution >= 0.6 is 0 Å². The molecule has 0 saturated heterocycles. The zero-order valence-electron chi connectivity index (χ0n) is 7.56. The van der Waals surface area contributed by atoms with E-state index in [1.165, 1.54) is 18.2 Å². The molecular formula is C9H10O4S. The van der Waals surface area contributed by atoms with E-state index in [2.05, 4.69) is 0 Å². The summed E-state index contributed by atoms with van der Waals surface area (Å²) in [7, 11) is -2.47. The molecule has 0 spiro atoms. The Hall–Kier alpha value is -1.36. The van der Waals surface area contributed by atoms with Crippen molar-refractivity contribution >= 4 is 16.7 Å². The number of rotatable bonds is 3. The second kappa shape index (κ2) is 4.23. The molecular weight excluding hydrogens is 204 g/mol. The lowest BCUT2D eigenvalue weighted by molar-refractivity contribution is 0.0697. The molecule has 1 aromatic rings. The second-order valence-electron chi connectivity index (χ2n) is 2.94. The number of aryl methyl sites for hydroxylation is 1. The average Bonchev–Trinajstić information content (AvgIpc) is 2.07. The van der Waals surface area contributed by atoms with Gasteiger partial charge < -0.3 is 5.11 Å². The molecule has 1 rings (SSSR count). The first-order valence-electron chi connectivity index (χ1n) is 3.95. The fourth-order valence-electron chi connectivity index (χ4n) is 1.15. The summed E-state index contributed by atoms with van der Waals surface area (Å²) in [6.45, 7) is 1.70. The summed E-state index contributed by atoms with van der Waals surface area (Å²) < 4.78 is 20.9. The molecule has 0 aliphatic rings. The van der Waals surface area contributed by atoms with Crippen molar-refractivity contribution in [3.8, 4) is 0 Å². The maximum Gasteiger partial charge on any atom is 0.335 e. The van der Waals surface area contributed by atoms with Crippen molar-refractivity contribution < 1.29 is 18.3 Å². The highest BCUT2D eigenvalue weighted by Crippen LogP contribution is 2.11. The number of aromatic carboxylic acids is 1. The highest BCUT2D eigenvalue weighted by Gasteiger charge is 2.05. The first kappa shape index (κ1) is 10.7. The highest BCUT2D eigenvalue weighted by molar-refractivity contribution is 7.71. The largest absolute Gasteiger partial charge is 0.478 e. The van der Waals surface area contributed by atoms with Gasteiger partial charge in [-0.05, 0) is 30.2 Å². The fourth-order valence-corrected chi connectivity index (χ4v) is 1.78. The van der Waals surface area contributed by atoms with E-state index in [-0.39, 0.29) is 11.3 Å². The lowest BCUT2D eigenvalue weighted by Crippen LogP contribution is -1.99. The van der Waals surface area contributed by atoms with E-state index >= 15 is 0 Å². The lowest BCUT2D eigenvalue weighted by Gasteiger charge is -2.02. The molecule has 1 N–H and O–H groups in total. The summed E-state index contributed by atoms with van der Waals surface area (Å²) >= 11 is 0. The zero-order chi connectivity index (χ0) is 10.7. The molecule has 14 heavy (non-hydrogen) atoms. The quantitative estimate of drug-likeness (QED) is 0.730. The minimum absolute atomic E-state index is 0.0406. The van der Waals surface area contributed by atoms with Gasteiger partial charge in [-0.25, -0.2) is 13.2 Å². The van der Waals surface area contributed by atoms with Crippen molar-refractivity contribution in [2.75, 3.05) is 0 Å². The van der Waals surface area contributed by atoms with Gasteiger partial charge in [0.05, 0.1) is 11.3 Å². The standard InChI is InChI=1S/C9H10O4S/c1-6-4-7(9(10)11)2-3-8(6)5-14(12)13/h2-4,14H,5H2,1H3,(H,10,11). The number of carboxylic acids is 1. The minimum atomic E-state index is -2.47. The van der Waals surface area contributed by atoms with E-state index in [4.69, 9.17) is 5.11 Å². The van der Waals surface area contributed by atoms with Gasteiger partial charge in [0, 0.05) is 0 Å². The van der Waals surface area contributed by atoms with Crippen LogP contribution in [0, 0.1) is 6.92 Å². The third-order valence-corrected chi connectivity index (χ3v) is 2.49. The van der Waals surface area contributed by atoms with Crippen molar-refractivity contribution in [2.24, 2.45) is 0 Å². The average molecular weight is 214 g/mol. The first-order chi connectivity index (χ1) is 6.50. The van der Waals surface area contributed by atoms with Gasteiger partial charge in [0.2, 0.25) is 0 Å². The Bertz CT molecular complexity index is 426. The third-order valence-electron chi connectivity index (χ3n) is 1.89. The Labute approximate surface area is 83.1 Å². The van der Waals surface area contributed by atoms with Crippen LogP contribution in [-0.4, -0.2) is 19.5 Å². The van der Waals surface area contributed by atoms with Gasteiger partial charge in [0.25, 0.3) is 0 Å². The Morgan fingerprint density at radius 2 is 2.07 bits per heavy atom. The summed E-state index contributed by atoms with van der Waals surface area (Å²) in [5.41, 5.74) is 1.50. The molecule has 0 aromatic heterocycles.